The van der Waals surface area contributed by atoms with Gasteiger partial charge in [0, 0.05) is 32.6 Å². The van der Waals surface area contributed by atoms with E-state index in [2.05, 4.69) is 15.0 Å². The van der Waals surface area contributed by atoms with Crippen LogP contribution in [-0.2, 0) is 16.4 Å². The highest BCUT2D eigenvalue weighted by Crippen LogP contribution is 2.28. The molecule has 3 heterocycles. The fourth-order valence-electron chi connectivity index (χ4n) is 3.99. The third kappa shape index (κ3) is 8.56. The minimum atomic E-state index is -4.26. The van der Waals surface area contributed by atoms with Gasteiger partial charge < -0.3 is 9.47 Å². The Morgan fingerprint density at radius 3 is 2.52 bits per heavy atom. The van der Waals surface area contributed by atoms with Crippen molar-refractivity contribution >= 4 is 15.9 Å². The minimum Gasteiger partial charge on any atom is -0.493 e. The van der Waals surface area contributed by atoms with E-state index in [4.69, 9.17) is 9.47 Å². The number of halogens is 1. The Balaban J connectivity index is 0.00000337. The second-order valence-electron chi connectivity index (χ2n) is 10.1. The van der Waals surface area contributed by atoms with E-state index in [-0.39, 0.29) is 31.8 Å². The molecule has 0 radical (unpaired) electrons. The Kier molecular flexibility index (Phi) is 10.2. The molecule has 0 unspecified atom stereocenters. The van der Waals surface area contributed by atoms with Crippen LogP contribution in [-0.4, -0.2) is 42.5 Å². The molecule has 0 bridgehead atoms. The second kappa shape index (κ2) is 14.0. The molecule has 11 heteroatoms. The Labute approximate surface area is 248 Å². The molecule has 3 aromatic heterocycles. The highest BCUT2D eigenvalue weighted by molar-refractivity contribution is 7.90. The smallest absolute Gasteiger partial charge is 0.281 e. The average molecular weight is 597 g/mol. The number of carbonyl (C=O) groups is 1. The lowest BCUT2D eigenvalue weighted by atomic mass is 10.1. The average Bonchev–Trinajstić information content (AvgIpc) is 2.96. The van der Waals surface area contributed by atoms with Crippen molar-refractivity contribution in [3.63, 3.8) is 0 Å². The second-order valence-corrected chi connectivity index (χ2v) is 11.8. The fourth-order valence-corrected chi connectivity index (χ4v) is 4.97. The number of nitrogens with one attached hydrogen (secondary N) is 1. The van der Waals surface area contributed by atoms with E-state index in [1.54, 1.807) is 31.5 Å². The quantitative estimate of drug-likeness (QED) is 0.186. The number of aromatic nitrogens is 3. The molecular formula is C31H37FN4O5S. The maximum Gasteiger partial charge on any atom is 0.281 e. The number of sulfonamides is 1. The van der Waals surface area contributed by atoms with Gasteiger partial charge in [0.2, 0.25) is 5.88 Å². The van der Waals surface area contributed by atoms with Gasteiger partial charge in [-0.3, -0.25) is 9.78 Å². The first-order valence-corrected chi connectivity index (χ1v) is 15.1. The molecule has 0 aliphatic rings. The number of unbranched alkanes of at least 4 members (excludes halogenated alkanes) is 1. The largest absolute Gasteiger partial charge is 0.493 e. The number of carbonyl (C=O) groups excluding carboxylic acids is 1. The van der Waals surface area contributed by atoms with Gasteiger partial charge in [0.15, 0.2) is 5.03 Å². The van der Waals surface area contributed by atoms with Crippen molar-refractivity contribution in [2.24, 2.45) is 5.92 Å². The van der Waals surface area contributed by atoms with Crippen molar-refractivity contribution in [2.75, 3.05) is 13.2 Å². The molecule has 1 aromatic carbocycles. The third-order valence-corrected chi connectivity index (χ3v) is 7.30. The van der Waals surface area contributed by atoms with Crippen LogP contribution in [0.2, 0.25) is 0 Å². The van der Waals surface area contributed by atoms with Crippen LogP contribution in [0.3, 0.4) is 0 Å². The zero-order valence-electron chi connectivity index (χ0n) is 23.7. The molecule has 0 fully saturated rings. The molecule has 4 rings (SSSR count). The van der Waals surface area contributed by atoms with Crippen molar-refractivity contribution in [3.05, 3.63) is 95.7 Å². The summed E-state index contributed by atoms with van der Waals surface area (Å²) in [6.07, 6.45) is 5.74. The highest BCUT2D eigenvalue weighted by atomic mass is 32.2. The van der Waals surface area contributed by atoms with E-state index in [0.29, 0.717) is 35.7 Å². The molecule has 4 aromatic rings. The van der Waals surface area contributed by atoms with Crippen LogP contribution >= 0.6 is 0 Å². The summed E-state index contributed by atoms with van der Waals surface area (Å²) in [4.78, 5) is 25.7. The topological polar surface area (TPSA) is 120 Å². The summed E-state index contributed by atoms with van der Waals surface area (Å²) in [5, 5.41) is -0.285. The normalized spacial score (nSPS) is 11.4. The zero-order chi connectivity index (χ0) is 30.1. The fraction of sp³-hybridized carbons (Fsp3) is 0.290. The van der Waals surface area contributed by atoms with Gasteiger partial charge in [-0.2, -0.15) is 8.42 Å². The maximum atomic E-state index is 14.5. The Hall–Kier alpha value is -4.38. The minimum absolute atomic E-state index is 0. The van der Waals surface area contributed by atoms with Crippen LogP contribution in [0.4, 0.5) is 4.39 Å². The van der Waals surface area contributed by atoms with Gasteiger partial charge in [0.05, 0.1) is 18.9 Å². The number of nitrogens with zero attached hydrogens (tertiary/aromatic N) is 3. The first-order valence-electron chi connectivity index (χ1n) is 13.6. The number of ether oxygens (including phenoxy) is 2. The predicted molar refractivity (Wildman–Crippen MR) is 160 cm³/mol. The van der Waals surface area contributed by atoms with Crippen LogP contribution < -0.4 is 14.2 Å². The van der Waals surface area contributed by atoms with Crippen LogP contribution in [0.1, 0.15) is 51.2 Å². The molecule has 0 saturated heterocycles. The van der Waals surface area contributed by atoms with Crippen molar-refractivity contribution < 1.29 is 29.9 Å². The number of pyridine rings is 3. The predicted octanol–water partition coefficient (Wildman–Crippen LogP) is 6.03. The molecule has 42 heavy (non-hydrogen) atoms. The third-order valence-electron chi connectivity index (χ3n) is 6.07. The standard InChI is InChI=1S/C31H33FN4O5S.2H2/c1-21(2)20-41-26-18-24(17-25(32)19-26)28-11-10-27(30(37)36-42(38,39)29-9-6-7-22(3)34-29)31(35-28)40-16-5-4-8-23-12-14-33-15-13-23;;/h6-7,9-15,17-19,21H,4-5,8,16,20H2,1-3H3,(H,36,37);2*1H. The van der Waals surface area contributed by atoms with Gasteiger partial charge in [-0.15, -0.1) is 0 Å². The monoisotopic (exact) mass is 596 g/mol. The maximum absolute atomic E-state index is 14.5. The Morgan fingerprint density at radius 2 is 1.79 bits per heavy atom. The summed E-state index contributed by atoms with van der Waals surface area (Å²) in [6, 6.07) is 15.5. The Morgan fingerprint density at radius 1 is 1.00 bits per heavy atom. The van der Waals surface area contributed by atoms with Gasteiger partial charge >= 0.3 is 0 Å². The summed E-state index contributed by atoms with van der Waals surface area (Å²) in [6.45, 7) is 6.26. The van der Waals surface area contributed by atoms with E-state index in [1.807, 2.05) is 30.7 Å². The summed E-state index contributed by atoms with van der Waals surface area (Å²) in [7, 11) is -4.26. The Bertz CT molecular complexity index is 1640. The molecule has 224 valence electrons. The van der Waals surface area contributed by atoms with Crippen LogP contribution in [0.5, 0.6) is 11.6 Å². The van der Waals surface area contributed by atoms with Crippen molar-refractivity contribution in [3.8, 4) is 22.9 Å². The lowest BCUT2D eigenvalue weighted by molar-refractivity contribution is 0.0976. The molecule has 1 amide bonds. The lowest BCUT2D eigenvalue weighted by Gasteiger charge is -2.14. The van der Waals surface area contributed by atoms with E-state index in [1.165, 1.54) is 36.4 Å². The number of hydrogen-bond acceptors (Lipinski definition) is 8. The van der Waals surface area contributed by atoms with Gasteiger partial charge in [0.1, 0.15) is 17.1 Å². The number of hydrogen-bond donors (Lipinski definition) is 1. The SMILES string of the molecule is Cc1cccc(S(=O)(=O)NC(=O)c2ccc(-c3cc(F)cc(OCC(C)C)c3)nc2OCCCCc2ccncc2)n1.[HH].[HH]. The molecule has 0 atom stereocenters. The van der Waals surface area contributed by atoms with Crippen LogP contribution in [0.15, 0.2) is 78.1 Å². The molecule has 0 spiro atoms. The van der Waals surface area contributed by atoms with E-state index < -0.39 is 21.7 Å². The first kappa shape index (κ1) is 30.6. The summed E-state index contributed by atoms with van der Waals surface area (Å²) in [5.41, 5.74) is 2.28. The number of benzene rings is 1. The van der Waals surface area contributed by atoms with Gasteiger partial charge in [-0.1, -0.05) is 19.9 Å². The number of amides is 1. The zero-order valence-corrected chi connectivity index (χ0v) is 24.5. The van der Waals surface area contributed by atoms with Gasteiger partial charge in [-0.25, -0.2) is 19.1 Å². The summed E-state index contributed by atoms with van der Waals surface area (Å²) in [5.74, 6) is -0.917. The molecule has 0 aliphatic carbocycles. The molecular weight excluding hydrogens is 559 g/mol. The lowest BCUT2D eigenvalue weighted by Crippen LogP contribution is -2.31. The van der Waals surface area contributed by atoms with Crippen molar-refractivity contribution in [1.29, 1.82) is 0 Å². The number of rotatable bonds is 13. The van der Waals surface area contributed by atoms with E-state index >= 15 is 0 Å². The molecule has 0 saturated carbocycles. The van der Waals surface area contributed by atoms with E-state index in [9.17, 15) is 17.6 Å². The highest BCUT2D eigenvalue weighted by Gasteiger charge is 2.24. The van der Waals surface area contributed by atoms with Crippen LogP contribution in [0, 0.1) is 18.7 Å². The molecule has 0 aliphatic heterocycles. The van der Waals surface area contributed by atoms with Crippen molar-refractivity contribution in [1.82, 2.24) is 19.7 Å². The van der Waals surface area contributed by atoms with Gasteiger partial charge in [-0.05, 0) is 86.2 Å². The summed E-state index contributed by atoms with van der Waals surface area (Å²) >= 11 is 0. The summed E-state index contributed by atoms with van der Waals surface area (Å²) < 4.78 is 53.9. The first-order chi connectivity index (χ1) is 20.1. The number of aryl methyl sites for hydroxylation is 2. The van der Waals surface area contributed by atoms with Crippen molar-refractivity contribution in [2.45, 2.75) is 45.1 Å². The molecule has 1 N–H and O–H groups in total. The van der Waals surface area contributed by atoms with Gasteiger partial charge in [0.25, 0.3) is 15.9 Å². The van der Waals surface area contributed by atoms with Crippen LogP contribution in [0.25, 0.3) is 11.3 Å². The molecule has 9 nitrogen and oxygen atoms in total. The van der Waals surface area contributed by atoms with E-state index in [0.717, 1.165) is 18.4 Å².